The van der Waals surface area contributed by atoms with E-state index in [1.165, 1.54) is 6.92 Å². The predicted molar refractivity (Wildman–Crippen MR) is 56.0 cm³/mol. The fourth-order valence-corrected chi connectivity index (χ4v) is 1.65. The molecular weight excluding hydrogens is 220 g/mol. The van der Waals surface area contributed by atoms with Crippen molar-refractivity contribution >= 4 is 17.6 Å². The molecule has 0 bridgehead atoms. The molecule has 1 N–H and O–H groups in total. The lowest BCUT2D eigenvalue weighted by atomic mass is 10.0. The molecule has 1 fully saturated rings. The van der Waals surface area contributed by atoms with Gasteiger partial charge in [0.25, 0.3) is 5.79 Å². The Hall–Kier alpha value is -0.320. The summed E-state index contributed by atoms with van der Waals surface area (Å²) in [6.45, 7) is 2.33. The molecule has 0 saturated carbocycles. The Bertz CT molecular complexity index is 211. The normalized spacial score (nSPS) is 31.5. The standard InChI is InChI=1S/C10H17ClO4/c1-10(9(12)13)14-6-8(7-15-10)4-2-3-5-11/h8H,2-7H2,1H3,(H,12,13). The number of aliphatic carboxylic acids is 1. The van der Waals surface area contributed by atoms with Crippen molar-refractivity contribution in [1.82, 2.24) is 0 Å². The van der Waals surface area contributed by atoms with Gasteiger partial charge in [-0.3, -0.25) is 0 Å². The summed E-state index contributed by atoms with van der Waals surface area (Å²) in [7, 11) is 0. The molecule has 1 aliphatic heterocycles. The molecule has 0 unspecified atom stereocenters. The zero-order valence-electron chi connectivity index (χ0n) is 8.87. The van der Waals surface area contributed by atoms with E-state index in [2.05, 4.69) is 0 Å². The molecule has 1 aliphatic rings. The first kappa shape index (κ1) is 12.7. The van der Waals surface area contributed by atoms with Gasteiger partial charge in [-0.15, -0.1) is 11.6 Å². The number of ether oxygens (including phenoxy) is 2. The molecule has 0 atom stereocenters. The molecule has 1 heterocycles. The van der Waals surface area contributed by atoms with Crippen LogP contribution in [0.2, 0.25) is 0 Å². The maximum Gasteiger partial charge on any atom is 0.364 e. The minimum Gasteiger partial charge on any atom is -0.477 e. The number of carboxylic acids is 1. The Morgan fingerprint density at radius 1 is 1.47 bits per heavy atom. The summed E-state index contributed by atoms with van der Waals surface area (Å²) >= 11 is 5.57. The van der Waals surface area contributed by atoms with Crippen LogP contribution >= 0.6 is 11.6 Å². The van der Waals surface area contributed by atoms with Crippen LogP contribution in [0.1, 0.15) is 26.2 Å². The second-order valence-electron chi connectivity index (χ2n) is 3.92. The van der Waals surface area contributed by atoms with Crippen LogP contribution in [-0.4, -0.2) is 36.0 Å². The maximum atomic E-state index is 10.8. The van der Waals surface area contributed by atoms with Crippen LogP contribution in [0.5, 0.6) is 0 Å². The molecule has 0 radical (unpaired) electrons. The number of carboxylic acid groups (broad SMARTS) is 1. The van der Waals surface area contributed by atoms with Crippen LogP contribution in [0.4, 0.5) is 0 Å². The average Bonchev–Trinajstić information content (AvgIpc) is 2.21. The molecule has 0 spiro atoms. The third-order valence-electron chi connectivity index (χ3n) is 2.57. The van der Waals surface area contributed by atoms with Crippen LogP contribution in [0.3, 0.4) is 0 Å². The molecular formula is C10H17ClO4. The van der Waals surface area contributed by atoms with E-state index in [-0.39, 0.29) is 0 Å². The lowest BCUT2D eigenvalue weighted by molar-refractivity contribution is -0.271. The first-order valence-corrected chi connectivity index (χ1v) is 5.69. The number of carbonyl (C=O) groups is 1. The van der Waals surface area contributed by atoms with Crippen LogP contribution in [-0.2, 0) is 14.3 Å². The van der Waals surface area contributed by atoms with Crippen LogP contribution in [0, 0.1) is 5.92 Å². The monoisotopic (exact) mass is 236 g/mol. The fraction of sp³-hybridized carbons (Fsp3) is 0.900. The molecule has 15 heavy (non-hydrogen) atoms. The van der Waals surface area contributed by atoms with Crippen molar-refractivity contribution in [2.75, 3.05) is 19.1 Å². The highest BCUT2D eigenvalue weighted by atomic mass is 35.5. The van der Waals surface area contributed by atoms with Gasteiger partial charge in [-0.2, -0.15) is 0 Å². The van der Waals surface area contributed by atoms with Crippen molar-refractivity contribution in [1.29, 1.82) is 0 Å². The van der Waals surface area contributed by atoms with Gasteiger partial charge in [0.05, 0.1) is 13.2 Å². The summed E-state index contributed by atoms with van der Waals surface area (Å²) in [6.07, 6.45) is 2.99. The Morgan fingerprint density at radius 2 is 2.07 bits per heavy atom. The topological polar surface area (TPSA) is 55.8 Å². The quantitative estimate of drug-likeness (QED) is 0.585. The van der Waals surface area contributed by atoms with Crippen LogP contribution in [0.15, 0.2) is 0 Å². The van der Waals surface area contributed by atoms with Gasteiger partial charge in [-0.05, 0) is 12.8 Å². The molecule has 5 heteroatoms. The van der Waals surface area contributed by atoms with Gasteiger partial charge < -0.3 is 14.6 Å². The molecule has 0 amide bonds. The Labute approximate surface area is 94.5 Å². The van der Waals surface area contributed by atoms with Gasteiger partial charge in [-0.25, -0.2) is 4.79 Å². The van der Waals surface area contributed by atoms with Crippen LogP contribution < -0.4 is 0 Å². The van der Waals surface area contributed by atoms with Crippen molar-refractivity contribution in [3.8, 4) is 0 Å². The van der Waals surface area contributed by atoms with Gasteiger partial charge in [0, 0.05) is 18.7 Å². The Balaban J connectivity index is 2.26. The zero-order valence-corrected chi connectivity index (χ0v) is 9.63. The largest absolute Gasteiger partial charge is 0.477 e. The lowest BCUT2D eigenvalue weighted by Crippen LogP contribution is -2.47. The summed E-state index contributed by atoms with van der Waals surface area (Å²) in [5.41, 5.74) is 0. The summed E-state index contributed by atoms with van der Waals surface area (Å²) in [5, 5.41) is 8.83. The molecule has 88 valence electrons. The van der Waals surface area contributed by atoms with E-state index in [0.717, 1.165) is 19.3 Å². The minimum absolute atomic E-state index is 0.292. The summed E-state index contributed by atoms with van der Waals surface area (Å²) in [6, 6.07) is 0. The highest BCUT2D eigenvalue weighted by Crippen LogP contribution is 2.24. The van der Waals surface area contributed by atoms with E-state index in [4.69, 9.17) is 26.2 Å². The first-order valence-electron chi connectivity index (χ1n) is 5.16. The van der Waals surface area contributed by atoms with E-state index in [1.807, 2.05) is 0 Å². The van der Waals surface area contributed by atoms with E-state index < -0.39 is 11.8 Å². The predicted octanol–water partition coefficient (Wildman–Crippen LogP) is 1.86. The number of alkyl halides is 1. The summed E-state index contributed by atoms with van der Waals surface area (Å²) < 4.78 is 10.4. The van der Waals surface area contributed by atoms with Crippen molar-refractivity contribution in [3.63, 3.8) is 0 Å². The molecule has 1 rings (SSSR count). The third kappa shape index (κ3) is 3.63. The number of rotatable bonds is 5. The van der Waals surface area contributed by atoms with Gasteiger partial charge in [0.15, 0.2) is 0 Å². The second-order valence-corrected chi connectivity index (χ2v) is 4.30. The minimum atomic E-state index is -1.46. The molecule has 0 aromatic heterocycles. The summed E-state index contributed by atoms with van der Waals surface area (Å²) in [5.74, 6) is -1.56. The van der Waals surface area contributed by atoms with E-state index in [0.29, 0.717) is 25.0 Å². The number of hydrogen-bond acceptors (Lipinski definition) is 3. The second kappa shape index (κ2) is 5.68. The van der Waals surface area contributed by atoms with Gasteiger partial charge >= 0.3 is 5.97 Å². The van der Waals surface area contributed by atoms with Gasteiger partial charge in [0.1, 0.15) is 0 Å². The highest BCUT2D eigenvalue weighted by Gasteiger charge is 2.40. The SMILES string of the molecule is CC1(C(=O)O)OCC(CCCCCl)CO1. The summed E-state index contributed by atoms with van der Waals surface area (Å²) in [4.78, 5) is 10.8. The number of hydrogen-bond donors (Lipinski definition) is 1. The highest BCUT2D eigenvalue weighted by molar-refractivity contribution is 6.17. The number of unbranched alkanes of at least 4 members (excludes halogenated alkanes) is 1. The molecule has 0 aliphatic carbocycles. The molecule has 4 nitrogen and oxygen atoms in total. The van der Waals surface area contributed by atoms with Gasteiger partial charge in [0.2, 0.25) is 0 Å². The fourth-order valence-electron chi connectivity index (χ4n) is 1.46. The van der Waals surface area contributed by atoms with Crippen LogP contribution in [0.25, 0.3) is 0 Å². The van der Waals surface area contributed by atoms with Gasteiger partial charge in [-0.1, -0.05) is 6.42 Å². The third-order valence-corrected chi connectivity index (χ3v) is 2.84. The smallest absolute Gasteiger partial charge is 0.364 e. The first-order chi connectivity index (χ1) is 7.08. The molecule has 0 aromatic rings. The van der Waals surface area contributed by atoms with Crippen molar-refractivity contribution in [3.05, 3.63) is 0 Å². The molecule has 1 saturated heterocycles. The van der Waals surface area contributed by atoms with Crippen molar-refractivity contribution in [2.24, 2.45) is 5.92 Å². The van der Waals surface area contributed by atoms with E-state index in [1.54, 1.807) is 0 Å². The lowest BCUT2D eigenvalue weighted by Gasteiger charge is -2.34. The Morgan fingerprint density at radius 3 is 2.53 bits per heavy atom. The molecule has 0 aromatic carbocycles. The van der Waals surface area contributed by atoms with Crippen molar-refractivity contribution < 1.29 is 19.4 Å². The maximum absolute atomic E-state index is 10.8. The Kier molecular flexibility index (Phi) is 4.83. The number of halogens is 1. The van der Waals surface area contributed by atoms with E-state index >= 15 is 0 Å². The average molecular weight is 237 g/mol. The van der Waals surface area contributed by atoms with Crippen molar-refractivity contribution in [2.45, 2.75) is 32.0 Å². The zero-order chi connectivity index (χ0) is 11.3. The van der Waals surface area contributed by atoms with E-state index in [9.17, 15) is 4.79 Å².